The zero-order valence-electron chi connectivity index (χ0n) is 9.82. The van der Waals surface area contributed by atoms with Gasteiger partial charge >= 0.3 is 0 Å². The van der Waals surface area contributed by atoms with Gasteiger partial charge in [0, 0.05) is 6.54 Å². The topological polar surface area (TPSA) is 94.0 Å². The number of carbonyl (C=O) groups is 1. The van der Waals surface area contributed by atoms with Gasteiger partial charge in [0.1, 0.15) is 0 Å². The zero-order chi connectivity index (χ0) is 12.1. The molecule has 3 N–H and O–H groups in total. The number of carbonyl (C=O) groups excluding carboxylic acids is 1. The third-order valence-corrected chi connectivity index (χ3v) is 3.28. The third kappa shape index (κ3) is 3.18. The molecular weight excluding hydrogens is 220 g/mol. The minimum Gasteiger partial charge on any atom is -0.379 e. The van der Waals surface area contributed by atoms with E-state index in [1.807, 2.05) is 0 Å². The quantitative estimate of drug-likeness (QED) is 0.755. The van der Waals surface area contributed by atoms with E-state index in [4.69, 9.17) is 5.73 Å². The first-order valence-corrected chi connectivity index (χ1v) is 6.13. The van der Waals surface area contributed by atoms with Gasteiger partial charge in [-0.2, -0.15) is 0 Å². The second kappa shape index (κ2) is 5.65. The molecule has 1 saturated carbocycles. The Morgan fingerprint density at radius 2 is 2.18 bits per heavy atom. The van der Waals surface area contributed by atoms with Crippen molar-refractivity contribution in [3.05, 3.63) is 5.69 Å². The Morgan fingerprint density at radius 3 is 2.82 bits per heavy atom. The standard InChI is InChI=1S/C11H18N4O2/c12-10-9(14-17-15-10)11(16)13-7-3-6-8-4-1-2-5-8/h8H,1-7H2,(H2,12,15)(H,13,16). The number of hydrogen-bond donors (Lipinski definition) is 2. The van der Waals surface area contributed by atoms with Gasteiger partial charge in [-0.1, -0.05) is 25.7 Å². The van der Waals surface area contributed by atoms with Gasteiger partial charge in [0.15, 0.2) is 0 Å². The number of nitrogen functional groups attached to an aromatic ring is 1. The summed E-state index contributed by atoms with van der Waals surface area (Å²) >= 11 is 0. The van der Waals surface area contributed by atoms with Gasteiger partial charge in [-0.25, -0.2) is 4.63 Å². The van der Waals surface area contributed by atoms with Crippen LogP contribution in [-0.4, -0.2) is 22.8 Å². The lowest BCUT2D eigenvalue weighted by Gasteiger charge is -2.08. The molecule has 1 aliphatic carbocycles. The molecule has 94 valence electrons. The first-order valence-electron chi connectivity index (χ1n) is 6.13. The summed E-state index contributed by atoms with van der Waals surface area (Å²) in [5.74, 6) is 0.583. The maximum atomic E-state index is 11.6. The molecule has 1 aromatic heterocycles. The van der Waals surface area contributed by atoms with Gasteiger partial charge in [0.05, 0.1) is 0 Å². The van der Waals surface area contributed by atoms with Crippen molar-refractivity contribution in [2.45, 2.75) is 38.5 Å². The van der Waals surface area contributed by atoms with Crippen molar-refractivity contribution in [2.24, 2.45) is 5.92 Å². The van der Waals surface area contributed by atoms with Crippen LogP contribution in [-0.2, 0) is 0 Å². The predicted molar refractivity (Wildman–Crippen MR) is 62.2 cm³/mol. The summed E-state index contributed by atoms with van der Waals surface area (Å²) in [6.07, 6.45) is 7.59. The molecule has 0 saturated heterocycles. The van der Waals surface area contributed by atoms with Crippen LogP contribution >= 0.6 is 0 Å². The van der Waals surface area contributed by atoms with E-state index in [1.54, 1.807) is 0 Å². The first-order chi connectivity index (χ1) is 8.27. The van der Waals surface area contributed by atoms with Gasteiger partial charge in [0.2, 0.25) is 11.5 Å². The van der Waals surface area contributed by atoms with Gasteiger partial charge in [0.25, 0.3) is 5.91 Å². The zero-order valence-corrected chi connectivity index (χ0v) is 9.82. The largest absolute Gasteiger partial charge is 0.379 e. The number of nitrogens with two attached hydrogens (primary N) is 1. The molecule has 1 amide bonds. The van der Waals surface area contributed by atoms with Gasteiger partial charge in [-0.3, -0.25) is 4.79 Å². The van der Waals surface area contributed by atoms with Crippen LogP contribution in [0.25, 0.3) is 0 Å². The van der Waals surface area contributed by atoms with E-state index in [-0.39, 0.29) is 17.4 Å². The summed E-state index contributed by atoms with van der Waals surface area (Å²) < 4.78 is 4.37. The summed E-state index contributed by atoms with van der Waals surface area (Å²) in [4.78, 5) is 11.6. The molecule has 0 aromatic carbocycles. The molecule has 1 aliphatic rings. The maximum absolute atomic E-state index is 11.6. The van der Waals surface area contributed by atoms with Crippen molar-refractivity contribution in [2.75, 3.05) is 12.3 Å². The summed E-state index contributed by atoms with van der Waals surface area (Å²) in [5.41, 5.74) is 5.49. The second-order valence-corrected chi connectivity index (χ2v) is 4.55. The highest BCUT2D eigenvalue weighted by molar-refractivity contribution is 5.95. The number of aromatic nitrogens is 2. The Hall–Kier alpha value is -1.59. The SMILES string of the molecule is Nc1nonc1C(=O)NCCCC1CCCC1. The Bertz CT molecular complexity index is 371. The highest BCUT2D eigenvalue weighted by Gasteiger charge is 2.16. The van der Waals surface area contributed by atoms with Crippen LogP contribution in [0.1, 0.15) is 49.0 Å². The van der Waals surface area contributed by atoms with Crippen LogP contribution in [0.15, 0.2) is 4.63 Å². The van der Waals surface area contributed by atoms with E-state index in [0.717, 1.165) is 12.3 Å². The van der Waals surface area contributed by atoms with Gasteiger partial charge in [-0.15, -0.1) is 0 Å². The lowest BCUT2D eigenvalue weighted by molar-refractivity contribution is 0.0943. The van der Waals surface area contributed by atoms with Crippen LogP contribution < -0.4 is 11.1 Å². The summed E-state index contributed by atoms with van der Waals surface area (Å²) in [6.45, 7) is 0.654. The van der Waals surface area contributed by atoms with Crippen molar-refractivity contribution in [1.82, 2.24) is 15.6 Å². The van der Waals surface area contributed by atoms with Crippen molar-refractivity contribution < 1.29 is 9.42 Å². The van der Waals surface area contributed by atoms with Crippen molar-refractivity contribution >= 4 is 11.7 Å². The van der Waals surface area contributed by atoms with E-state index in [2.05, 4.69) is 20.3 Å². The first kappa shape index (κ1) is 11.9. The molecule has 6 heteroatoms. The maximum Gasteiger partial charge on any atom is 0.277 e. The van der Waals surface area contributed by atoms with Crippen LogP contribution in [0.2, 0.25) is 0 Å². The summed E-state index contributed by atoms with van der Waals surface area (Å²) in [6, 6.07) is 0. The fraction of sp³-hybridized carbons (Fsp3) is 0.727. The number of anilines is 1. The lowest BCUT2D eigenvalue weighted by Crippen LogP contribution is -2.25. The van der Waals surface area contributed by atoms with Crippen LogP contribution in [0.4, 0.5) is 5.82 Å². The molecule has 0 bridgehead atoms. The van der Waals surface area contributed by atoms with Crippen LogP contribution in [0, 0.1) is 5.92 Å². The van der Waals surface area contributed by atoms with E-state index in [1.165, 1.54) is 32.1 Å². The van der Waals surface area contributed by atoms with Crippen molar-refractivity contribution in [3.63, 3.8) is 0 Å². The van der Waals surface area contributed by atoms with E-state index in [0.29, 0.717) is 6.54 Å². The minimum absolute atomic E-state index is 0.0401. The molecule has 2 rings (SSSR count). The molecule has 1 heterocycles. The van der Waals surface area contributed by atoms with E-state index in [9.17, 15) is 4.79 Å². The lowest BCUT2D eigenvalue weighted by atomic mass is 10.0. The number of amides is 1. The Labute approximate surface area is 99.9 Å². The van der Waals surface area contributed by atoms with E-state index >= 15 is 0 Å². The molecule has 17 heavy (non-hydrogen) atoms. The fourth-order valence-electron chi connectivity index (χ4n) is 2.33. The Kier molecular flexibility index (Phi) is 3.95. The Morgan fingerprint density at radius 1 is 1.41 bits per heavy atom. The molecule has 0 aliphatic heterocycles. The number of hydrogen-bond acceptors (Lipinski definition) is 5. The molecule has 6 nitrogen and oxygen atoms in total. The molecule has 0 spiro atoms. The van der Waals surface area contributed by atoms with Crippen LogP contribution in [0.5, 0.6) is 0 Å². The van der Waals surface area contributed by atoms with Gasteiger partial charge < -0.3 is 11.1 Å². The molecule has 0 radical (unpaired) electrons. The second-order valence-electron chi connectivity index (χ2n) is 4.55. The molecule has 1 aromatic rings. The third-order valence-electron chi connectivity index (χ3n) is 3.28. The average Bonchev–Trinajstić information content (AvgIpc) is 2.95. The minimum atomic E-state index is -0.310. The van der Waals surface area contributed by atoms with E-state index < -0.39 is 0 Å². The fourth-order valence-corrected chi connectivity index (χ4v) is 2.33. The van der Waals surface area contributed by atoms with Crippen molar-refractivity contribution in [1.29, 1.82) is 0 Å². The molecular formula is C11H18N4O2. The number of nitrogens with zero attached hydrogens (tertiary/aromatic N) is 2. The normalized spacial score (nSPS) is 16.2. The van der Waals surface area contributed by atoms with Crippen LogP contribution in [0.3, 0.4) is 0 Å². The number of nitrogens with one attached hydrogen (secondary N) is 1. The van der Waals surface area contributed by atoms with Gasteiger partial charge in [-0.05, 0) is 29.1 Å². The molecule has 0 atom stereocenters. The molecule has 1 fully saturated rings. The van der Waals surface area contributed by atoms with Crippen molar-refractivity contribution in [3.8, 4) is 0 Å². The summed E-state index contributed by atoms with van der Waals surface area (Å²) in [5, 5.41) is 9.58. The predicted octanol–water partition coefficient (Wildman–Crippen LogP) is 1.35. The highest BCUT2D eigenvalue weighted by atomic mass is 16.6. The average molecular weight is 238 g/mol. The smallest absolute Gasteiger partial charge is 0.277 e. The number of rotatable bonds is 5. The Balaban J connectivity index is 1.65. The summed E-state index contributed by atoms with van der Waals surface area (Å²) in [7, 11) is 0. The monoisotopic (exact) mass is 238 g/mol. The molecule has 0 unspecified atom stereocenters. The highest BCUT2D eigenvalue weighted by Crippen LogP contribution is 2.28.